The number of rotatable bonds is 9. The van der Waals surface area contributed by atoms with E-state index in [1.165, 1.54) is 0 Å². The maximum absolute atomic E-state index is 12.5. The smallest absolute Gasteiger partial charge is 0.258 e. The van der Waals surface area contributed by atoms with Gasteiger partial charge in [-0.3, -0.25) is 5.10 Å². The van der Waals surface area contributed by atoms with Gasteiger partial charge in [-0.25, -0.2) is 13.1 Å². The molecule has 1 heterocycles. The number of nitrogens with zero attached hydrogens (tertiary/aromatic N) is 1. The van der Waals surface area contributed by atoms with Gasteiger partial charge in [0.05, 0.1) is 6.20 Å². The third-order valence-corrected chi connectivity index (χ3v) is 5.28. The average Bonchev–Trinajstić information content (AvgIpc) is 2.88. The van der Waals surface area contributed by atoms with Crippen LogP contribution in [-0.4, -0.2) is 30.7 Å². The molecule has 0 aliphatic heterocycles. The van der Waals surface area contributed by atoms with Gasteiger partial charge in [0.1, 0.15) is 0 Å². The highest BCUT2D eigenvalue weighted by molar-refractivity contribution is 7.89. The minimum atomic E-state index is -3.57. The predicted octanol–water partition coefficient (Wildman–Crippen LogP) is 1.77. The van der Waals surface area contributed by atoms with Crippen LogP contribution in [0.15, 0.2) is 11.2 Å². The molecule has 0 aromatic carbocycles. The first-order chi connectivity index (χ1) is 9.38. The minimum Gasteiger partial charge on any atom is -0.313 e. The van der Waals surface area contributed by atoms with Crippen molar-refractivity contribution in [3.63, 3.8) is 0 Å². The van der Waals surface area contributed by atoms with E-state index in [1.54, 1.807) is 6.20 Å². The van der Waals surface area contributed by atoms with E-state index in [2.05, 4.69) is 27.2 Å². The zero-order valence-electron chi connectivity index (χ0n) is 12.8. The summed E-state index contributed by atoms with van der Waals surface area (Å²) in [6.07, 6.45) is 4.04. The third-order valence-electron chi connectivity index (χ3n) is 3.63. The van der Waals surface area contributed by atoms with Crippen LogP contribution in [0.5, 0.6) is 0 Å². The number of hydrogen-bond acceptors (Lipinski definition) is 4. The third kappa shape index (κ3) is 4.29. The van der Waals surface area contributed by atoms with Gasteiger partial charge in [-0.1, -0.05) is 20.8 Å². The number of aromatic amines is 1. The summed E-state index contributed by atoms with van der Waals surface area (Å²) in [6, 6.07) is 0. The first-order valence-corrected chi connectivity index (χ1v) is 8.63. The summed E-state index contributed by atoms with van der Waals surface area (Å²) in [5, 5.41) is 9.82. The molecular formula is C13H26N4O2S. The maximum Gasteiger partial charge on any atom is 0.258 e. The van der Waals surface area contributed by atoms with E-state index in [1.807, 2.05) is 20.8 Å². The van der Waals surface area contributed by atoms with E-state index in [-0.39, 0.29) is 5.03 Å². The summed E-state index contributed by atoms with van der Waals surface area (Å²) >= 11 is 0. The lowest BCUT2D eigenvalue weighted by Gasteiger charge is -2.27. The lowest BCUT2D eigenvalue weighted by atomic mass is 9.98. The van der Waals surface area contributed by atoms with Crippen molar-refractivity contribution in [3.8, 4) is 0 Å². The molecule has 7 heteroatoms. The van der Waals surface area contributed by atoms with E-state index >= 15 is 0 Å². The molecule has 0 saturated heterocycles. The number of sulfonamides is 1. The molecule has 0 unspecified atom stereocenters. The van der Waals surface area contributed by atoms with Crippen molar-refractivity contribution in [2.45, 2.75) is 64.1 Å². The van der Waals surface area contributed by atoms with Gasteiger partial charge in [-0.05, 0) is 32.7 Å². The molecule has 0 bridgehead atoms. The van der Waals surface area contributed by atoms with Crippen LogP contribution in [0.1, 0.15) is 52.5 Å². The fourth-order valence-electron chi connectivity index (χ4n) is 1.83. The second-order valence-electron chi connectivity index (χ2n) is 5.27. The largest absolute Gasteiger partial charge is 0.313 e. The molecule has 0 aliphatic rings. The van der Waals surface area contributed by atoms with Gasteiger partial charge >= 0.3 is 0 Å². The van der Waals surface area contributed by atoms with Crippen molar-refractivity contribution in [1.29, 1.82) is 0 Å². The predicted molar refractivity (Wildman–Crippen MR) is 79.9 cm³/mol. The molecule has 6 nitrogen and oxygen atoms in total. The van der Waals surface area contributed by atoms with Crippen molar-refractivity contribution < 1.29 is 8.42 Å². The van der Waals surface area contributed by atoms with E-state index in [9.17, 15) is 8.42 Å². The lowest BCUT2D eigenvalue weighted by Crippen LogP contribution is -2.45. The van der Waals surface area contributed by atoms with Crippen LogP contribution in [0.3, 0.4) is 0 Å². The van der Waals surface area contributed by atoms with Gasteiger partial charge in [0, 0.05) is 17.6 Å². The van der Waals surface area contributed by atoms with Crippen LogP contribution in [0, 0.1) is 0 Å². The molecule has 0 amide bonds. The first-order valence-electron chi connectivity index (χ1n) is 7.15. The monoisotopic (exact) mass is 302 g/mol. The highest BCUT2D eigenvalue weighted by Crippen LogP contribution is 2.19. The van der Waals surface area contributed by atoms with Crippen molar-refractivity contribution in [2.24, 2.45) is 0 Å². The zero-order chi connectivity index (χ0) is 15.2. The second kappa shape index (κ2) is 7.19. The number of aromatic nitrogens is 2. The summed E-state index contributed by atoms with van der Waals surface area (Å²) < 4.78 is 27.7. The van der Waals surface area contributed by atoms with Crippen molar-refractivity contribution in [3.05, 3.63) is 11.8 Å². The molecule has 0 radical (unpaired) electrons. The topological polar surface area (TPSA) is 86.9 Å². The van der Waals surface area contributed by atoms with Crippen LogP contribution in [0.4, 0.5) is 0 Å². The highest BCUT2D eigenvalue weighted by atomic mass is 32.2. The number of hydrogen-bond donors (Lipinski definition) is 3. The fraction of sp³-hybridized carbons (Fsp3) is 0.769. The Morgan fingerprint density at radius 2 is 1.95 bits per heavy atom. The Labute approximate surface area is 121 Å². The van der Waals surface area contributed by atoms with E-state index in [4.69, 9.17) is 0 Å². The normalized spacial score (nSPS) is 12.8. The number of nitrogens with one attached hydrogen (secondary N) is 3. The molecule has 116 valence electrons. The SMILES string of the molecule is CCCNCc1cn[nH]c1S(=O)(=O)NC(C)(CC)CC. The zero-order valence-corrected chi connectivity index (χ0v) is 13.6. The van der Waals surface area contributed by atoms with Crippen molar-refractivity contribution in [1.82, 2.24) is 20.2 Å². The van der Waals surface area contributed by atoms with Crippen molar-refractivity contribution >= 4 is 10.0 Å². The highest BCUT2D eigenvalue weighted by Gasteiger charge is 2.29. The van der Waals surface area contributed by atoms with Gasteiger partial charge in [0.2, 0.25) is 0 Å². The molecule has 0 atom stereocenters. The fourth-order valence-corrected chi connectivity index (χ4v) is 3.51. The molecule has 1 rings (SSSR count). The van der Waals surface area contributed by atoms with Gasteiger partial charge in [-0.2, -0.15) is 5.10 Å². The maximum atomic E-state index is 12.5. The quantitative estimate of drug-likeness (QED) is 0.607. The van der Waals surface area contributed by atoms with E-state index in [0.29, 0.717) is 12.1 Å². The van der Waals surface area contributed by atoms with Gasteiger partial charge < -0.3 is 5.32 Å². The Morgan fingerprint density at radius 3 is 2.50 bits per heavy atom. The molecule has 1 aromatic heterocycles. The Morgan fingerprint density at radius 1 is 1.30 bits per heavy atom. The Balaban J connectivity index is 2.90. The summed E-state index contributed by atoms with van der Waals surface area (Å²) in [6.45, 7) is 9.27. The molecule has 20 heavy (non-hydrogen) atoms. The first kappa shape index (κ1) is 17.1. The van der Waals surface area contributed by atoms with Gasteiger partial charge in [0.15, 0.2) is 5.03 Å². The van der Waals surface area contributed by atoms with E-state index < -0.39 is 15.6 Å². The molecule has 3 N–H and O–H groups in total. The Hall–Kier alpha value is -0.920. The lowest BCUT2D eigenvalue weighted by molar-refractivity contribution is 0.388. The minimum absolute atomic E-state index is 0.161. The van der Waals surface area contributed by atoms with Crippen LogP contribution in [0.25, 0.3) is 0 Å². The van der Waals surface area contributed by atoms with Gasteiger partial charge in [0.25, 0.3) is 10.0 Å². The van der Waals surface area contributed by atoms with Crippen molar-refractivity contribution in [2.75, 3.05) is 6.54 Å². The van der Waals surface area contributed by atoms with Crippen LogP contribution in [-0.2, 0) is 16.6 Å². The summed E-state index contributed by atoms with van der Waals surface area (Å²) in [7, 11) is -3.57. The second-order valence-corrected chi connectivity index (χ2v) is 6.89. The van der Waals surface area contributed by atoms with Crippen LogP contribution >= 0.6 is 0 Å². The molecule has 0 spiro atoms. The molecule has 0 saturated carbocycles. The standard InChI is InChI=1S/C13H26N4O2S/c1-5-8-14-9-11-10-15-16-12(11)20(18,19)17-13(4,6-2)7-3/h10,14,17H,5-9H2,1-4H3,(H,15,16). The molecular weight excluding hydrogens is 276 g/mol. The summed E-state index contributed by atoms with van der Waals surface area (Å²) in [4.78, 5) is 0. The molecule has 0 aliphatic carbocycles. The molecule has 1 aromatic rings. The van der Waals surface area contributed by atoms with Crippen LogP contribution < -0.4 is 10.0 Å². The van der Waals surface area contributed by atoms with Crippen LogP contribution in [0.2, 0.25) is 0 Å². The Kier molecular flexibility index (Phi) is 6.16. The average molecular weight is 302 g/mol. The Bertz CT molecular complexity index is 506. The van der Waals surface area contributed by atoms with E-state index in [0.717, 1.165) is 25.8 Å². The molecule has 0 fully saturated rings. The van der Waals surface area contributed by atoms with Gasteiger partial charge in [-0.15, -0.1) is 0 Å². The summed E-state index contributed by atoms with van der Waals surface area (Å²) in [5.41, 5.74) is 0.235. The summed E-state index contributed by atoms with van der Waals surface area (Å²) in [5.74, 6) is 0. The number of H-pyrrole nitrogens is 1.